The standard InChI is InChI=1S/C11H14BrN5O2/c1-18-9-3-7(8(12)4-10(9)19-2)5-13-6-11-14-16-17-15-11/h3-4,13H,5-6H2,1-2H3,(H,14,15,16,17). The molecule has 1 aromatic heterocycles. The summed E-state index contributed by atoms with van der Waals surface area (Å²) < 4.78 is 11.4. The van der Waals surface area contributed by atoms with Gasteiger partial charge in [-0.05, 0) is 17.7 Å². The zero-order valence-corrected chi connectivity index (χ0v) is 12.2. The molecule has 7 nitrogen and oxygen atoms in total. The minimum Gasteiger partial charge on any atom is -0.493 e. The van der Waals surface area contributed by atoms with E-state index < -0.39 is 0 Å². The second kappa shape index (κ2) is 6.48. The molecule has 0 aliphatic rings. The largest absolute Gasteiger partial charge is 0.493 e. The number of hydrogen-bond donors (Lipinski definition) is 2. The number of ether oxygens (including phenoxy) is 2. The van der Waals surface area contributed by atoms with E-state index in [-0.39, 0.29) is 0 Å². The molecule has 0 saturated heterocycles. The summed E-state index contributed by atoms with van der Waals surface area (Å²) in [4.78, 5) is 0. The highest BCUT2D eigenvalue weighted by Gasteiger charge is 2.09. The van der Waals surface area contributed by atoms with Crippen molar-refractivity contribution in [3.8, 4) is 11.5 Å². The van der Waals surface area contributed by atoms with Crippen LogP contribution in [-0.2, 0) is 13.1 Å². The molecule has 2 rings (SSSR count). The maximum atomic E-state index is 5.27. The third-order valence-electron chi connectivity index (χ3n) is 2.54. The summed E-state index contributed by atoms with van der Waals surface area (Å²) in [5, 5.41) is 16.9. The van der Waals surface area contributed by atoms with Crippen LogP contribution in [0.25, 0.3) is 0 Å². The van der Waals surface area contributed by atoms with E-state index in [1.807, 2.05) is 12.1 Å². The molecule has 0 fully saturated rings. The first-order chi connectivity index (χ1) is 9.24. The Kier molecular flexibility index (Phi) is 4.69. The number of aromatic amines is 1. The van der Waals surface area contributed by atoms with Gasteiger partial charge >= 0.3 is 0 Å². The fraction of sp³-hybridized carbons (Fsp3) is 0.364. The van der Waals surface area contributed by atoms with Crippen molar-refractivity contribution >= 4 is 15.9 Å². The Morgan fingerprint density at radius 2 is 1.95 bits per heavy atom. The van der Waals surface area contributed by atoms with Gasteiger partial charge in [0.1, 0.15) is 0 Å². The number of halogens is 1. The molecule has 0 amide bonds. The van der Waals surface area contributed by atoms with Gasteiger partial charge in [-0.25, -0.2) is 0 Å². The molecule has 102 valence electrons. The lowest BCUT2D eigenvalue weighted by molar-refractivity contribution is 0.354. The van der Waals surface area contributed by atoms with Crippen LogP contribution in [0.5, 0.6) is 11.5 Å². The van der Waals surface area contributed by atoms with Crippen molar-refractivity contribution in [2.45, 2.75) is 13.1 Å². The molecule has 0 saturated carbocycles. The van der Waals surface area contributed by atoms with Gasteiger partial charge in [0, 0.05) is 11.0 Å². The molecule has 1 heterocycles. The number of aromatic nitrogens is 4. The van der Waals surface area contributed by atoms with Crippen molar-refractivity contribution in [3.05, 3.63) is 28.0 Å². The highest BCUT2D eigenvalue weighted by atomic mass is 79.9. The second-order valence-electron chi connectivity index (χ2n) is 3.73. The van der Waals surface area contributed by atoms with Crippen LogP contribution in [0.15, 0.2) is 16.6 Å². The van der Waals surface area contributed by atoms with Gasteiger partial charge in [0.25, 0.3) is 0 Å². The van der Waals surface area contributed by atoms with Crippen LogP contribution in [-0.4, -0.2) is 34.8 Å². The van der Waals surface area contributed by atoms with E-state index in [1.165, 1.54) is 0 Å². The zero-order chi connectivity index (χ0) is 13.7. The van der Waals surface area contributed by atoms with Crippen LogP contribution < -0.4 is 14.8 Å². The van der Waals surface area contributed by atoms with Gasteiger partial charge in [-0.2, -0.15) is 5.21 Å². The van der Waals surface area contributed by atoms with Gasteiger partial charge in [-0.3, -0.25) is 0 Å². The van der Waals surface area contributed by atoms with E-state index in [1.54, 1.807) is 14.2 Å². The Morgan fingerprint density at radius 3 is 2.58 bits per heavy atom. The maximum absolute atomic E-state index is 5.27. The number of benzene rings is 1. The van der Waals surface area contributed by atoms with Gasteiger partial charge in [0.15, 0.2) is 17.3 Å². The summed E-state index contributed by atoms with van der Waals surface area (Å²) in [5.41, 5.74) is 1.06. The molecule has 0 atom stereocenters. The van der Waals surface area contributed by atoms with E-state index in [0.717, 1.165) is 10.0 Å². The highest BCUT2D eigenvalue weighted by Crippen LogP contribution is 2.33. The third-order valence-corrected chi connectivity index (χ3v) is 3.28. The second-order valence-corrected chi connectivity index (χ2v) is 4.58. The first-order valence-electron chi connectivity index (χ1n) is 5.58. The van der Waals surface area contributed by atoms with Gasteiger partial charge in [0.05, 0.1) is 20.8 Å². The number of hydrogen-bond acceptors (Lipinski definition) is 6. The summed E-state index contributed by atoms with van der Waals surface area (Å²) in [6, 6.07) is 3.80. The first-order valence-corrected chi connectivity index (χ1v) is 6.37. The van der Waals surface area contributed by atoms with Crippen LogP contribution in [0.1, 0.15) is 11.4 Å². The summed E-state index contributed by atoms with van der Waals surface area (Å²) >= 11 is 3.50. The third kappa shape index (κ3) is 3.42. The van der Waals surface area contributed by atoms with E-state index in [9.17, 15) is 0 Å². The molecule has 2 aromatic rings. The van der Waals surface area contributed by atoms with Crippen molar-refractivity contribution in [2.75, 3.05) is 14.2 Å². The van der Waals surface area contributed by atoms with Crippen molar-refractivity contribution in [2.24, 2.45) is 0 Å². The van der Waals surface area contributed by atoms with E-state index in [2.05, 4.69) is 41.9 Å². The Balaban J connectivity index is 2.03. The molecule has 0 unspecified atom stereocenters. The molecule has 0 bridgehead atoms. The van der Waals surface area contributed by atoms with Gasteiger partial charge in [-0.15, -0.1) is 10.2 Å². The van der Waals surface area contributed by atoms with Crippen LogP contribution in [0, 0.1) is 0 Å². The molecule has 0 spiro atoms. The summed E-state index contributed by atoms with van der Waals surface area (Å²) in [6.45, 7) is 1.19. The SMILES string of the molecule is COc1cc(Br)c(CNCc2nn[nH]n2)cc1OC. The molecule has 0 aliphatic heterocycles. The van der Waals surface area contributed by atoms with Crippen molar-refractivity contribution in [3.63, 3.8) is 0 Å². The van der Waals surface area contributed by atoms with Crippen LogP contribution in [0.2, 0.25) is 0 Å². The van der Waals surface area contributed by atoms with Gasteiger partial charge in [0.2, 0.25) is 0 Å². The Bertz CT molecular complexity index is 532. The quantitative estimate of drug-likeness (QED) is 0.831. The summed E-state index contributed by atoms with van der Waals surface area (Å²) in [6.07, 6.45) is 0. The summed E-state index contributed by atoms with van der Waals surface area (Å²) in [7, 11) is 3.22. The topological polar surface area (TPSA) is 85.0 Å². The first kappa shape index (κ1) is 13.8. The maximum Gasteiger partial charge on any atom is 0.188 e. The number of nitrogens with one attached hydrogen (secondary N) is 2. The Labute approximate surface area is 118 Å². The molecule has 0 radical (unpaired) electrons. The molecule has 0 aliphatic carbocycles. The molecular formula is C11H14BrN5O2. The average Bonchev–Trinajstić information content (AvgIpc) is 2.93. The number of methoxy groups -OCH3 is 2. The number of rotatable bonds is 6. The van der Waals surface area contributed by atoms with Crippen LogP contribution >= 0.6 is 15.9 Å². The number of nitrogens with zero attached hydrogens (tertiary/aromatic N) is 3. The molecule has 1 aromatic carbocycles. The van der Waals surface area contributed by atoms with E-state index in [4.69, 9.17) is 9.47 Å². The van der Waals surface area contributed by atoms with Crippen molar-refractivity contribution in [1.82, 2.24) is 25.9 Å². The predicted octanol–water partition coefficient (Wildman–Crippen LogP) is 1.27. The fourth-order valence-corrected chi connectivity index (χ4v) is 2.06. The lowest BCUT2D eigenvalue weighted by Crippen LogP contribution is -2.14. The lowest BCUT2D eigenvalue weighted by Gasteiger charge is -2.12. The Hall–Kier alpha value is -1.67. The normalized spacial score (nSPS) is 10.5. The molecular weight excluding hydrogens is 314 g/mol. The number of tetrazole rings is 1. The monoisotopic (exact) mass is 327 g/mol. The molecule has 8 heteroatoms. The van der Waals surface area contributed by atoms with E-state index in [0.29, 0.717) is 30.4 Å². The zero-order valence-electron chi connectivity index (χ0n) is 10.6. The van der Waals surface area contributed by atoms with Gasteiger partial charge in [-0.1, -0.05) is 21.1 Å². The van der Waals surface area contributed by atoms with E-state index >= 15 is 0 Å². The smallest absolute Gasteiger partial charge is 0.188 e. The Morgan fingerprint density at radius 1 is 1.21 bits per heavy atom. The fourth-order valence-electron chi connectivity index (χ4n) is 1.60. The van der Waals surface area contributed by atoms with Crippen molar-refractivity contribution < 1.29 is 9.47 Å². The van der Waals surface area contributed by atoms with Gasteiger partial charge < -0.3 is 14.8 Å². The molecule has 19 heavy (non-hydrogen) atoms. The predicted molar refractivity (Wildman–Crippen MR) is 72.0 cm³/mol. The summed E-state index contributed by atoms with van der Waals surface area (Å²) in [5.74, 6) is 2.01. The average molecular weight is 328 g/mol. The van der Waals surface area contributed by atoms with Crippen molar-refractivity contribution in [1.29, 1.82) is 0 Å². The number of H-pyrrole nitrogens is 1. The van der Waals surface area contributed by atoms with Crippen LogP contribution in [0.3, 0.4) is 0 Å². The minimum absolute atomic E-state index is 0.539. The molecule has 2 N–H and O–H groups in total. The lowest BCUT2D eigenvalue weighted by atomic mass is 10.2. The minimum atomic E-state index is 0.539. The highest BCUT2D eigenvalue weighted by molar-refractivity contribution is 9.10. The van der Waals surface area contributed by atoms with Crippen LogP contribution in [0.4, 0.5) is 0 Å².